The third-order valence-electron chi connectivity index (χ3n) is 4.93. The molecule has 0 fully saturated rings. The number of anilines is 2. The first kappa shape index (κ1) is 25.0. The highest BCUT2D eigenvalue weighted by Gasteiger charge is 2.40. The molecule has 0 saturated heterocycles. The first-order valence-corrected chi connectivity index (χ1v) is 11.4. The lowest BCUT2D eigenvalue weighted by atomic mass is 10.1. The van der Waals surface area contributed by atoms with E-state index in [1.54, 1.807) is 30.3 Å². The molecule has 0 atom stereocenters. The predicted molar refractivity (Wildman–Crippen MR) is 128 cm³/mol. The van der Waals surface area contributed by atoms with Crippen molar-refractivity contribution in [1.29, 1.82) is 0 Å². The van der Waals surface area contributed by atoms with Crippen LogP contribution in [0, 0.1) is 0 Å². The number of nitrogens with zero attached hydrogens (tertiary/aromatic N) is 1. The van der Waals surface area contributed by atoms with Crippen LogP contribution in [0.2, 0.25) is 0 Å². The molecule has 1 heterocycles. The number of unbranched alkanes of at least 4 members (excludes halogenated alkanes) is 1. The molecule has 0 aliphatic carbocycles. The highest BCUT2D eigenvalue weighted by atomic mass is 35.5. The first-order chi connectivity index (χ1) is 16.4. The van der Waals surface area contributed by atoms with Crippen molar-refractivity contribution in [2.45, 2.75) is 33.1 Å². The number of nitrogens with one attached hydrogen (secondary N) is 1. The summed E-state index contributed by atoms with van der Waals surface area (Å²) in [5, 5.41) is 2.49. The number of rotatable bonds is 10. The van der Waals surface area contributed by atoms with E-state index >= 15 is 0 Å². The minimum Gasteiger partial charge on any atom is -0.462 e. The summed E-state index contributed by atoms with van der Waals surface area (Å²) in [4.78, 5) is 51.6. The second kappa shape index (κ2) is 11.5. The van der Waals surface area contributed by atoms with Crippen LogP contribution < -0.4 is 10.2 Å². The summed E-state index contributed by atoms with van der Waals surface area (Å²) in [5.41, 5.74) is 0.633. The lowest BCUT2D eigenvalue weighted by Crippen LogP contribution is -2.33. The van der Waals surface area contributed by atoms with Crippen LogP contribution in [-0.2, 0) is 19.1 Å². The van der Waals surface area contributed by atoms with Gasteiger partial charge in [0.2, 0.25) is 0 Å². The Bertz CT molecular complexity index is 1140. The van der Waals surface area contributed by atoms with Crippen LogP contribution in [0.25, 0.3) is 0 Å². The van der Waals surface area contributed by atoms with E-state index in [1.165, 1.54) is 18.2 Å². The fourth-order valence-corrected chi connectivity index (χ4v) is 3.42. The normalized spacial score (nSPS) is 13.3. The Morgan fingerprint density at radius 1 is 0.912 bits per heavy atom. The predicted octanol–water partition coefficient (Wildman–Crippen LogP) is 4.65. The van der Waals surface area contributed by atoms with Crippen molar-refractivity contribution in [3.8, 4) is 0 Å². The van der Waals surface area contributed by atoms with Crippen molar-refractivity contribution in [1.82, 2.24) is 0 Å². The molecule has 2 aromatic carbocycles. The second-order valence-corrected chi connectivity index (χ2v) is 7.86. The summed E-state index contributed by atoms with van der Waals surface area (Å²) in [5.74, 6) is -2.65. The van der Waals surface area contributed by atoms with Crippen molar-refractivity contribution >= 4 is 46.7 Å². The van der Waals surface area contributed by atoms with Crippen LogP contribution in [0.5, 0.6) is 0 Å². The number of benzene rings is 2. The molecular weight excluding hydrogens is 460 g/mol. The quantitative estimate of drug-likeness (QED) is 0.297. The van der Waals surface area contributed by atoms with Gasteiger partial charge in [-0.3, -0.25) is 9.59 Å². The van der Waals surface area contributed by atoms with Crippen LogP contribution in [0.15, 0.2) is 59.3 Å². The molecular formula is C25H25ClN2O6. The summed E-state index contributed by atoms with van der Waals surface area (Å²) in [6, 6.07) is 12.5. The highest BCUT2D eigenvalue weighted by Crippen LogP contribution is 2.32. The average Bonchev–Trinajstić information content (AvgIpc) is 3.05. The maximum absolute atomic E-state index is 13.2. The molecule has 0 aromatic heterocycles. The van der Waals surface area contributed by atoms with E-state index in [-0.39, 0.29) is 34.2 Å². The van der Waals surface area contributed by atoms with Crippen molar-refractivity contribution in [3.05, 3.63) is 70.4 Å². The number of ether oxygens (including phenoxy) is 2. The largest absolute Gasteiger partial charge is 0.462 e. The molecule has 3 rings (SSSR count). The Labute approximate surface area is 202 Å². The van der Waals surface area contributed by atoms with Gasteiger partial charge in [0.15, 0.2) is 0 Å². The third kappa shape index (κ3) is 5.46. The van der Waals surface area contributed by atoms with E-state index in [0.717, 1.165) is 17.7 Å². The van der Waals surface area contributed by atoms with E-state index in [0.29, 0.717) is 18.7 Å². The molecule has 1 aliphatic heterocycles. The maximum atomic E-state index is 13.2. The Hall–Kier alpha value is -3.65. The summed E-state index contributed by atoms with van der Waals surface area (Å²) in [7, 11) is 0. The topological polar surface area (TPSA) is 102 Å². The fraction of sp³-hybridized carbons (Fsp3) is 0.280. The van der Waals surface area contributed by atoms with E-state index < -0.39 is 23.8 Å². The van der Waals surface area contributed by atoms with Crippen molar-refractivity contribution in [3.63, 3.8) is 0 Å². The van der Waals surface area contributed by atoms with Gasteiger partial charge in [0.05, 0.1) is 30.0 Å². The zero-order valence-corrected chi connectivity index (χ0v) is 19.7. The Kier molecular flexibility index (Phi) is 8.43. The van der Waals surface area contributed by atoms with Gasteiger partial charge >= 0.3 is 11.9 Å². The van der Waals surface area contributed by atoms with Crippen LogP contribution >= 0.6 is 11.6 Å². The lowest BCUT2D eigenvalue weighted by molar-refractivity contribution is -0.120. The zero-order valence-electron chi connectivity index (χ0n) is 18.9. The smallest absolute Gasteiger partial charge is 0.340 e. The maximum Gasteiger partial charge on any atom is 0.340 e. The molecule has 178 valence electrons. The van der Waals surface area contributed by atoms with Crippen LogP contribution in [0.1, 0.15) is 53.8 Å². The van der Waals surface area contributed by atoms with E-state index in [4.69, 9.17) is 21.1 Å². The van der Waals surface area contributed by atoms with Gasteiger partial charge in [0.1, 0.15) is 10.7 Å². The van der Waals surface area contributed by atoms with Crippen LogP contribution in [0.4, 0.5) is 11.4 Å². The van der Waals surface area contributed by atoms with Gasteiger partial charge in [-0.05, 0) is 43.2 Å². The monoisotopic (exact) mass is 484 g/mol. The van der Waals surface area contributed by atoms with Gasteiger partial charge < -0.3 is 14.8 Å². The molecule has 0 saturated carbocycles. The summed E-state index contributed by atoms with van der Waals surface area (Å²) < 4.78 is 10.4. The van der Waals surface area contributed by atoms with Crippen molar-refractivity contribution < 1.29 is 28.7 Å². The van der Waals surface area contributed by atoms with Gasteiger partial charge in [-0.2, -0.15) is 0 Å². The van der Waals surface area contributed by atoms with Gasteiger partial charge in [-0.1, -0.05) is 50.1 Å². The Balaban J connectivity index is 1.83. The van der Waals surface area contributed by atoms with Gasteiger partial charge in [0, 0.05) is 5.69 Å². The number of amides is 2. The summed E-state index contributed by atoms with van der Waals surface area (Å²) in [6.45, 7) is 4.36. The molecule has 0 bridgehead atoms. The van der Waals surface area contributed by atoms with E-state index in [9.17, 15) is 19.2 Å². The van der Waals surface area contributed by atoms with E-state index in [1.807, 2.05) is 13.8 Å². The summed E-state index contributed by atoms with van der Waals surface area (Å²) in [6.07, 6.45) is 2.28. The van der Waals surface area contributed by atoms with Gasteiger partial charge in [0.25, 0.3) is 11.8 Å². The number of hydrogen-bond acceptors (Lipinski definition) is 7. The third-order valence-corrected chi connectivity index (χ3v) is 5.28. The standard InChI is InChI=1S/C25H25ClN2O6/c1-3-5-14-34-24(31)16-9-8-10-17(15-16)27-21-20(26)22(29)28(23(21)30)19-12-7-6-11-18(19)25(32)33-13-4-2/h6-12,15,27H,3-5,13-14H2,1-2H3. The molecule has 0 unspecified atom stereocenters. The number of esters is 2. The number of imide groups is 1. The SMILES string of the molecule is CCCCOC(=O)c1cccc(NC2=C(Cl)C(=O)N(c3ccccc3C(=O)OCCC)C2=O)c1. The molecule has 1 N–H and O–H groups in total. The minimum atomic E-state index is -0.778. The van der Waals surface area contributed by atoms with Gasteiger partial charge in [-0.25, -0.2) is 14.5 Å². The molecule has 34 heavy (non-hydrogen) atoms. The zero-order chi connectivity index (χ0) is 24.7. The Morgan fingerprint density at radius 3 is 2.38 bits per heavy atom. The molecule has 1 aliphatic rings. The number of halogens is 1. The average molecular weight is 485 g/mol. The number of para-hydroxylation sites is 1. The molecule has 8 nitrogen and oxygen atoms in total. The lowest BCUT2D eigenvalue weighted by Gasteiger charge is -2.18. The van der Waals surface area contributed by atoms with Crippen molar-refractivity contribution in [2.75, 3.05) is 23.4 Å². The van der Waals surface area contributed by atoms with Gasteiger partial charge in [-0.15, -0.1) is 0 Å². The molecule has 2 aromatic rings. The number of hydrogen-bond donors (Lipinski definition) is 1. The summed E-state index contributed by atoms with van der Waals surface area (Å²) >= 11 is 6.22. The first-order valence-electron chi connectivity index (χ1n) is 11.0. The molecule has 0 radical (unpaired) electrons. The van der Waals surface area contributed by atoms with E-state index in [2.05, 4.69) is 5.32 Å². The van der Waals surface area contributed by atoms with Crippen molar-refractivity contribution in [2.24, 2.45) is 0 Å². The molecule has 9 heteroatoms. The van der Waals surface area contributed by atoms with Crippen LogP contribution in [-0.4, -0.2) is 37.0 Å². The van der Waals surface area contributed by atoms with Crippen LogP contribution in [0.3, 0.4) is 0 Å². The second-order valence-electron chi connectivity index (χ2n) is 7.48. The molecule has 0 spiro atoms. The fourth-order valence-electron chi connectivity index (χ4n) is 3.20. The minimum absolute atomic E-state index is 0.0696. The number of carbonyl (C=O) groups excluding carboxylic acids is 4. The number of carbonyl (C=O) groups is 4. The Morgan fingerprint density at radius 2 is 1.65 bits per heavy atom. The highest BCUT2D eigenvalue weighted by molar-refractivity contribution is 6.53. The molecule has 2 amide bonds.